The number of hydrogen-bond donors (Lipinski definition) is 1. The highest BCUT2D eigenvalue weighted by molar-refractivity contribution is 5.83. The highest BCUT2D eigenvalue weighted by Crippen LogP contribution is 2.33. The lowest BCUT2D eigenvalue weighted by Gasteiger charge is -2.03. The normalized spacial score (nSPS) is 10.4. The van der Waals surface area contributed by atoms with E-state index in [1.54, 1.807) is 6.07 Å². The number of carbonyl (C=O) groups excluding carboxylic acids is 1. The van der Waals surface area contributed by atoms with Gasteiger partial charge in [0.1, 0.15) is 17.2 Å². The third-order valence-electron chi connectivity index (χ3n) is 2.68. The lowest BCUT2D eigenvalue weighted by molar-refractivity contribution is -0.384. The van der Waals surface area contributed by atoms with Crippen molar-refractivity contribution in [3.63, 3.8) is 0 Å². The first-order valence-electron chi connectivity index (χ1n) is 6.33. The molecule has 0 saturated carbocycles. The van der Waals surface area contributed by atoms with Crippen LogP contribution in [0, 0.1) is 10.1 Å². The zero-order valence-electron chi connectivity index (χ0n) is 11.7. The summed E-state index contributed by atoms with van der Waals surface area (Å²) in [6.45, 7) is 3.26. The number of nitrogens with zero attached hydrogens (tertiary/aromatic N) is 3. The van der Waals surface area contributed by atoms with E-state index in [1.165, 1.54) is 36.4 Å². The van der Waals surface area contributed by atoms with Crippen LogP contribution in [0.3, 0.4) is 0 Å². The Morgan fingerprint density at radius 2 is 1.91 bits per heavy atom. The number of azo groups is 1. The summed E-state index contributed by atoms with van der Waals surface area (Å²) in [6, 6.07) is 9.75. The maximum absolute atomic E-state index is 11.1. The largest absolute Gasteiger partial charge is 0.505 e. The predicted octanol–water partition coefficient (Wildman–Crippen LogP) is 3.81. The van der Waals surface area contributed by atoms with Crippen molar-refractivity contribution in [2.45, 2.75) is 0 Å². The van der Waals surface area contributed by atoms with Gasteiger partial charge in [-0.05, 0) is 18.2 Å². The third-order valence-corrected chi connectivity index (χ3v) is 2.68. The number of ether oxygens (including phenoxy) is 1. The van der Waals surface area contributed by atoms with Crippen molar-refractivity contribution in [2.24, 2.45) is 10.2 Å². The van der Waals surface area contributed by atoms with E-state index < -0.39 is 10.9 Å². The Kier molecular flexibility index (Phi) is 4.78. The molecule has 8 nitrogen and oxygen atoms in total. The zero-order chi connectivity index (χ0) is 16.8. The molecule has 8 heteroatoms. The van der Waals surface area contributed by atoms with Crippen LogP contribution in [0.2, 0.25) is 0 Å². The second-order valence-electron chi connectivity index (χ2n) is 4.22. The number of hydrogen-bond acceptors (Lipinski definition) is 7. The van der Waals surface area contributed by atoms with Crippen LogP contribution >= 0.6 is 0 Å². The lowest BCUT2D eigenvalue weighted by Crippen LogP contribution is -2.02. The number of rotatable bonds is 5. The van der Waals surface area contributed by atoms with Crippen molar-refractivity contribution in [2.75, 3.05) is 0 Å². The molecule has 0 unspecified atom stereocenters. The smallest absolute Gasteiger partial charge is 0.335 e. The van der Waals surface area contributed by atoms with E-state index >= 15 is 0 Å². The van der Waals surface area contributed by atoms with Crippen LogP contribution in [0.1, 0.15) is 0 Å². The van der Waals surface area contributed by atoms with Gasteiger partial charge >= 0.3 is 5.97 Å². The molecule has 2 aromatic carbocycles. The number of phenols is 1. The summed E-state index contributed by atoms with van der Waals surface area (Å²) in [5, 5.41) is 28.2. The van der Waals surface area contributed by atoms with Crippen LogP contribution in [0.15, 0.2) is 65.3 Å². The van der Waals surface area contributed by atoms with Crippen molar-refractivity contribution in [3.8, 4) is 11.5 Å². The van der Waals surface area contributed by atoms with Crippen molar-refractivity contribution >= 4 is 23.0 Å². The summed E-state index contributed by atoms with van der Waals surface area (Å²) < 4.78 is 4.83. The zero-order valence-corrected chi connectivity index (χ0v) is 11.7. The molecule has 0 aliphatic rings. The van der Waals surface area contributed by atoms with Crippen molar-refractivity contribution in [1.29, 1.82) is 0 Å². The Hall–Kier alpha value is -3.55. The number of benzene rings is 2. The van der Waals surface area contributed by atoms with Crippen molar-refractivity contribution < 1.29 is 19.6 Å². The van der Waals surface area contributed by atoms with Gasteiger partial charge in [0, 0.05) is 18.2 Å². The number of nitro groups is 1. The fraction of sp³-hybridized carbons (Fsp3) is 0. The van der Waals surface area contributed by atoms with E-state index in [-0.39, 0.29) is 28.6 Å². The third kappa shape index (κ3) is 3.97. The molecule has 0 aromatic heterocycles. The molecule has 0 atom stereocenters. The van der Waals surface area contributed by atoms with E-state index in [4.69, 9.17) is 4.74 Å². The number of esters is 1. The van der Waals surface area contributed by atoms with Gasteiger partial charge in [-0.1, -0.05) is 18.7 Å². The minimum atomic E-state index is -0.668. The average molecular weight is 313 g/mol. The van der Waals surface area contributed by atoms with Gasteiger partial charge in [0.15, 0.2) is 5.69 Å². The highest BCUT2D eigenvalue weighted by Gasteiger charge is 2.12. The van der Waals surface area contributed by atoms with Gasteiger partial charge in [-0.15, -0.1) is 10.2 Å². The van der Waals surface area contributed by atoms with Gasteiger partial charge in [0.05, 0.1) is 4.92 Å². The molecular formula is C15H11N3O5. The number of carbonyl (C=O) groups is 1. The SMILES string of the molecule is C=CC(=O)Oc1ccc(N=Nc2ccccc2[N+](=O)[O-])c(O)c1. The van der Waals surface area contributed by atoms with Gasteiger partial charge in [-0.25, -0.2) is 4.79 Å². The molecule has 23 heavy (non-hydrogen) atoms. The number of phenolic OH excluding ortho intramolecular Hbond substituents is 1. The van der Waals surface area contributed by atoms with Gasteiger partial charge in [-0.2, -0.15) is 0 Å². The maximum atomic E-state index is 11.1. The number of aromatic hydroxyl groups is 1. The van der Waals surface area contributed by atoms with Crippen molar-refractivity contribution in [1.82, 2.24) is 0 Å². The number of nitro benzene ring substituents is 1. The molecule has 0 aliphatic carbocycles. The monoisotopic (exact) mass is 313 g/mol. The van der Waals surface area contributed by atoms with Crippen LogP contribution < -0.4 is 4.74 Å². The highest BCUT2D eigenvalue weighted by atomic mass is 16.6. The molecule has 2 rings (SSSR count). The molecule has 116 valence electrons. The van der Waals surface area contributed by atoms with Crippen LogP contribution in [-0.4, -0.2) is 16.0 Å². The van der Waals surface area contributed by atoms with Crippen LogP contribution in [0.5, 0.6) is 11.5 Å². The molecule has 0 radical (unpaired) electrons. The quantitative estimate of drug-likeness (QED) is 0.225. The van der Waals surface area contributed by atoms with Gasteiger partial charge in [-0.3, -0.25) is 10.1 Å². The fourth-order valence-corrected chi connectivity index (χ4v) is 1.62. The van der Waals surface area contributed by atoms with E-state index in [0.29, 0.717) is 0 Å². The van der Waals surface area contributed by atoms with Crippen LogP contribution in [0.25, 0.3) is 0 Å². The molecule has 0 aliphatic heterocycles. The van der Waals surface area contributed by atoms with Gasteiger partial charge in [0.2, 0.25) is 0 Å². The minimum Gasteiger partial charge on any atom is -0.505 e. The standard InChI is InChI=1S/C15H11N3O5/c1-2-15(20)23-10-7-8-12(14(19)9-10)17-16-11-5-3-4-6-13(11)18(21)22/h2-9,19H,1H2. The average Bonchev–Trinajstić information content (AvgIpc) is 2.54. The molecule has 0 spiro atoms. The Labute approximate surface area is 130 Å². The summed E-state index contributed by atoms with van der Waals surface area (Å²) in [7, 11) is 0. The first kappa shape index (κ1) is 15.8. The number of para-hydroxylation sites is 1. The van der Waals surface area contributed by atoms with Crippen LogP contribution in [-0.2, 0) is 4.79 Å². The summed E-state index contributed by atoms with van der Waals surface area (Å²) in [5.41, 5.74) is -0.0760. The topological polar surface area (TPSA) is 114 Å². The first-order valence-corrected chi connectivity index (χ1v) is 6.33. The van der Waals surface area contributed by atoms with E-state index in [1.807, 2.05) is 0 Å². The van der Waals surface area contributed by atoms with Crippen molar-refractivity contribution in [3.05, 3.63) is 65.2 Å². The first-order chi connectivity index (χ1) is 11.0. The second kappa shape index (κ2) is 6.94. The van der Waals surface area contributed by atoms with E-state index in [9.17, 15) is 20.0 Å². The minimum absolute atomic E-state index is 0.0547. The Morgan fingerprint density at radius 3 is 2.57 bits per heavy atom. The van der Waals surface area contributed by atoms with E-state index in [2.05, 4.69) is 16.8 Å². The summed E-state index contributed by atoms with van der Waals surface area (Å²) in [5.74, 6) is -0.850. The maximum Gasteiger partial charge on any atom is 0.335 e. The Balaban J connectivity index is 2.25. The molecular weight excluding hydrogens is 302 g/mol. The molecule has 0 heterocycles. The molecule has 0 bridgehead atoms. The lowest BCUT2D eigenvalue weighted by atomic mass is 10.3. The Bertz CT molecular complexity index is 801. The summed E-state index contributed by atoms with van der Waals surface area (Å²) in [4.78, 5) is 21.4. The fourth-order valence-electron chi connectivity index (χ4n) is 1.62. The molecule has 0 amide bonds. The molecule has 0 saturated heterocycles. The van der Waals surface area contributed by atoms with Crippen LogP contribution in [0.4, 0.5) is 17.1 Å². The second-order valence-corrected chi connectivity index (χ2v) is 4.22. The Morgan fingerprint density at radius 1 is 1.22 bits per heavy atom. The molecule has 1 N–H and O–H groups in total. The van der Waals surface area contributed by atoms with E-state index in [0.717, 1.165) is 6.08 Å². The van der Waals surface area contributed by atoms with Gasteiger partial charge in [0.25, 0.3) is 5.69 Å². The summed E-state index contributed by atoms with van der Waals surface area (Å²) >= 11 is 0. The summed E-state index contributed by atoms with van der Waals surface area (Å²) in [6.07, 6.45) is 0.985. The molecule has 2 aromatic rings. The van der Waals surface area contributed by atoms with Gasteiger partial charge < -0.3 is 9.84 Å². The molecule has 0 fully saturated rings. The predicted molar refractivity (Wildman–Crippen MR) is 81.2 cm³/mol.